The number of aliphatic hydroxyl groups is 1. The highest BCUT2D eigenvalue weighted by Crippen LogP contribution is 2.66. The van der Waals surface area contributed by atoms with Gasteiger partial charge in [-0.05, 0) is 35.4 Å². The summed E-state index contributed by atoms with van der Waals surface area (Å²) in [6.07, 6.45) is 0. The standard InChI is InChI=1S/C24H17NO5/c26-15-10-4-8-13-17-14-9-5-11-16(27)20(14)24(30,19(13)15)21-18(17)22(28)25(23(21)29)12-6-2-1-3-7-12/h1-11,17-18,21,26-27,30H. The molecule has 1 aliphatic heterocycles. The van der Waals surface area contributed by atoms with Crippen molar-refractivity contribution in [3.05, 3.63) is 89.0 Å². The van der Waals surface area contributed by atoms with Crippen LogP contribution in [0.15, 0.2) is 66.7 Å². The van der Waals surface area contributed by atoms with Crippen molar-refractivity contribution in [2.75, 3.05) is 4.90 Å². The highest BCUT2D eigenvalue weighted by Gasteiger charge is 2.69. The largest absolute Gasteiger partial charge is 0.508 e. The van der Waals surface area contributed by atoms with Crippen LogP contribution in [-0.4, -0.2) is 27.1 Å². The van der Waals surface area contributed by atoms with Gasteiger partial charge in [0.25, 0.3) is 0 Å². The van der Waals surface area contributed by atoms with Gasteiger partial charge in [-0.3, -0.25) is 9.59 Å². The zero-order valence-electron chi connectivity index (χ0n) is 15.7. The van der Waals surface area contributed by atoms with Crippen LogP contribution in [0.5, 0.6) is 11.5 Å². The first-order valence-electron chi connectivity index (χ1n) is 9.76. The van der Waals surface area contributed by atoms with E-state index < -0.39 is 29.3 Å². The number of anilines is 1. The molecule has 3 N–H and O–H groups in total. The van der Waals surface area contributed by atoms with Crippen molar-refractivity contribution >= 4 is 17.5 Å². The molecule has 30 heavy (non-hydrogen) atoms. The van der Waals surface area contributed by atoms with Gasteiger partial charge in [-0.2, -0.15) is 0 Å². The van der Waals surface area contributed by atoms with Crippen LogP contribution in [0, 0.1) is 11.8 Å². The van der Waals surface area contributed by atoms with E-state index in [0.717, 1.165) is 4.90 Å². The number of carbonyl (C=O) groups excluding carboxylic acids is 2. The molecule has 4 aliphatic rings. The van der Waals surface area contributed by atoms with Gasteiger partial charge in [0.2, 0.25) is 11.8 Å². The quantitative estimate of drug-likeness (QED) is 0.547. The van der Waals surface area contributed by atoms with E-state index in [1.165, 1.54) is 12.1 Å². The number of para-hydroxylation sites is 1. The van der Waals surface area contributed by atoms with Crippen LogP contribution in [0.2, 0.25) is 0 Å². The third-order valence-electron chi connectivity index (χ3n) is 6.76. The highest BCUT2D eigenvalue weighted by atomic mass is 16.3. The Kier molecular flexibility index (Phi) is 3.15. The van der Waals surface area contributed by atoms with E-state index in [4.69, 9.17) is 0 Å². The number of amides is 2. The Labute approximate surface area is 171 Å². The number of rotatable bonds is 1. The van der Waals surface area contributed by atoms with Crippen LogP contribution in [0.4, 0.5) is 5.69 Å². The van der Waals surface area contributed by atoms with Crippen LogP contribution < -0.4 is 4.90 Å². The van der Waals surface area contributed by atoms with Gasteiger partial charge in [0.1, 0.15) is 17.1 Å². The molecule has 6 heteroatoms. The molecule has 3 aromatic carbocycles. The second-order valence-electron chi connectivity index (χ2n) is 8.08. The second kappa shape index (κ2) is 5.49. The molecule has 148 valence electrons. The number of aromatic hydroxyl groups is 2. The number of phenolic OH excluding ortho intramolecular Hbond substituents is 2. The lowest BCUT2D eigenvalue weighted by atomic mass is 9.52. The van der Waals surface area contributed by atoms with Crippen molar-refractivity contribution in [1.29, 1.82) is 0 Å². The molecule has 2 atom stereocenters. The summed E-state index contributed by atoms with van der Waals surface area (Å²) in [5, 5.41) is 33.4. The third-order valence-corrected chi connectivity index (χ3v) is 6.76. The maximum atomic E-state index is 13.6. The van der Waals surface area contributed by atoms with Crippen LogP contribution in [0.3, 0.4) is 0 Å². The zero-order valence-corrected chi connectivity index (χ0v) is 15.7. The molecule has 2 unspecified atom stereocenters. The number of benzene rings is 3. The monoisotopic (exact) mass is 399 g/mol. The molecular formula is C24H17NO5. The Morgan fingerprint density at radius 2 is 1.30 bits per heavy atom. The summed E-state index contributed by atoms with van der Waals surface area (Å²) in [6.45, 7) is 0. The first kappa shape index (κ1) is 17.2. The van der Waals surface area contributed by atoms with E-state index >= 15 is 0 Å². The van der Waals surface area contributed by atoms with Gasteiger partial charge in [0, 0.05) is 17.0 Å². The molecule has 0 spiro atoms. The SMILES string of the molecule is O=C1C2C3c4cccc(O)c4C(O)(c4c(O)cccc43)C2C(=O)N1c1ccccc1. The van der Waals surface area contributed by atoms with E-state index in [9.17, 15) is 24.9 Å². The highest BCUT2D eigenvalue weighted by molar-refractivity contribution is 6.23. The van der Waals surface area contributed by atoms with Gasteiger partial charge < -0.3 is 15.3 Å². The zero-order chi connectivity index (χ0) is 20.8. The Bertz CT molecular complexity index is 1200. The Balaban J connectivity index is 1.68. The molecule has 0 aromatic heterocycles. The third kappa shape index (κ3) is 1.78. The van der Waals surface area contributed by atoms with Gasteiger partial charge in [-0.25, -0.2) is 4.90 Å². The van der Waals surface area contributed by atoms with Crippen molar-refractivity contribution < 1.29 is 24.9 Å². The van der Waals surface area contributed by atoms with Crippen LogP contribution in [0.1, 0.15) is 28.2 Å². The Hall–Kier alpha value is -3.64. The van der Waals surface area contributed by atoms with Crippen molar-refractivity contribution in [3.8, 4) is 11.5 Å². The summed E-state index contributed by atoms with van der Waals surface area (Å²) in [6, 6.07) is 18.4. The summed E-state index contributed by atoms with van der Waals surface area (Å²) in [5.41, 5.74) is 0.0201. The van der Waals surface area contributed by atoms with Crippen molar-refractivity contribution in [3.63, 3.8) is 0 Å². The first-order valence-corrected chi connectivity index (χ1v) is 9.76. The lowest BCUT2D eigenvalue weighted by Crippen LogP contribution is -2.53. The Morgan fingerprint density at radius 3 is 1.87 bits per heavy atom. The number of nitrogens with zero attached hydrogens (tertiary/aromatic N) is 1. The molecule has 1 heterocycles. The van der Waals surface area contributed by atoms with Crippen molar-refractivity contribution in [2.24, 2.45) is 11.8 Å². The number of carbonyl (C=O) groups is 2. The predicted octanol–water partition coefficient (Wildman–Crippen LogP) is 2.60. The van der Waals surface area contributed by atoms with Crippen molar-refractivity contribution in [2.45, 2.75) is 11.5 Å². The number of imide groups is 1. The fourth-order valence-corrected chi connectivity index (χ4v) is 5.75. The minimum absolute atomic E-state index is 0.161. The molecule has 2 bridgehead atoms. The smallest absolute Gasteiger partial charge is 0.241 e. The molecule has 0 saturated carbocycles. The normalized spacial score (nSPS) is 28.3. The van der Waals surface area contributed by atoms with Gasteiger partial charge in [-0.1, -0.05) is 42.5 Å². The summed E-state index contributed by atoms with van der Waals surface area (Å²) in [5.74, 6) is -3.77. The molecule has 1 saturated heterocycles. The molecule has 3 aromatic rings. The van der Waals surface area contributed by atoms with E-state index in [0.29, 0.717) is 16.8 Å². The average molecular weight is 399 g/mol. The average Bonchev–Trinajstić information content (AvgIpc) is 3.00. The molecule has 6 nitrogen and oxygen atoms in total. The summed E-state index contributed by atoms with van der Waals surface area (Å²) in [7, 11) is 0. The van der Waals surface area contributed by atoms with Gasteiger partial charge in [0.05, 0.1) is 17.5 Å². The lowest BCUT2D eigenvalue weighted by Gasteiger charge is -2.51. The minimum atomic E-state index is -2.02. The van der Waals surface area contributed by atoms with Crippen molar-refractivity contribution in [1.82, 2.24) is 0 Å². The fourth-order valence-electron chi connectivity index (χ4n) is 5.75. The second-order valence-corrected chi connectivity index (χ2v) is 8.08. The fraction of sp³-hybridized carbons (Fsp3) is 0.167. The molecule has 3 aliphatic carbocycles. The number of phenols is 2. The number of hydrogen-bond donors (Lipinski definition) is 3. The molecule has 0 radical (unpaired) electrons. The van der Waals surface area contributed by atoms with E-state index in [2.05, 4.69) is 0 Å². The van der Waals surface area contributed by atoms with Crippen LogP contribution in [0.25, 0.3) is 0 Å². The topological polar surface area (TPSA) is 98.1 Å². The van der Waals surface area contributed by atoms with E-state index in [1.54, 1.807) is 54.6 Å². The minimum Gasteiger partial charge on any atom is -0.508 e. The van der Waals surface area contributed by atoms with Crippen LogP contribution in [-0.2, 0) is 15.2 Å². The van der Waals surface area contributed by atoms with Gasteiger partial charge in [-0.15, -0.1) is 0 Å². The number of hydrogen-bond acceptors (Lipinski definition) is 5. The molecule has 1 fully saturated rings. The Morgan fingerprint density at radius 1 is 0.733 bits per heavy atom. The first-order chi connectivity index (χ1) is 14.5. The van der Waals surface area contributed by atoms with Gasteiger partial charge >= 0.3 is 0 Å². The van der Waals surface area contributed by atoms with Crippen LogP contribution >= 0.6 is 0 Å². The van der Waals surface area contributed by atoms with E-state index in [-0.39, 0.29) is 28.5 Å². The molecular weight excluding hydrogens is 382 g/mol. The maximum Gasteiger partial charge on any atom is 0.241 e. The molecule has 7 rings (SSSR count). The van der Waals surface area contributed by atoms with Gasteiger partial charge in [0.15, 0.2) is 0 Å². The molecule has 2 amide bonds. The summed E-state index contributed by atoms with van der Waals surface area (Å²) < 4.78 is 0. The maximum absolute atomic E-state index is 13.6. The predicted molar refractivity (Wildman–Crippen MR) is 107 cm³/mol. The summed E-state index contributed by atoms with van der Waals surface area (Å²) in [4.78, 5) is 28.2. The lowest BCUT2D eigenvalue weighted by molar-refractivity contribution is -0.133. The van der Waals surface area contributed by atoms with E-state index in [1.807, 2.05) is 0 Å². The summed E-state index contributed by atoms with van der Waals surface area (Å²) >= 11 is 0.